The van der Waals surface area contributed by atoms with Crippen molar-refractivity contribution in [2.24, 2.45) is 5.92 Å². The predicted octanol–water partition coefficient (Wildman–Crippen LogP) is 4.29. The highest BCUT2D eigenvalue weighted by Gasteiger charge is 2.12. The van der Waals surface area contributed by atoms with Gasteiger partial charge in [-0.1, -0.05) is 26.0 Å². The third-order valence-corrected chi connectivity index (χ3v) is 4.97. The average molecular weight is 369 g/mol. The van der Waals surface area contributed by atoms with Crippen molar-refractivity contribution in [3.63, 3.8) is 0 Å². The Morgan fingerprint density at radius 1 is 1.12 bits per heavy atom. The van der Waals surface area contributed by atoms with Crippen LogP contribution in [0.4, 0.5) is 11.8 Å². The fourth-order valence-corrected chi connectivity index (χ4v) is 3.41. The number of thiazole rings is 1. The first kappa shape index (κ1) is 18.1. The van der Waals surface area contributed by atoms with E-state index < -0.39 is 0 Å². The van der Waals surface area contributed by atoms with Crippen LogP contribution in [0.25, 0.3) is 10.6 Å². The Morgan fingerprint density at radius 2 is 1.92 bits per heavy atom. The summed E-state index contributed by atoms with van der Waals surface area (Å²) in [6.45, 7) is 7.72. The number of benzene rings is 1. The fourth-order valence-electron chi connectivity index (χ4n) is 2.37. The summed E-state index contributed by atoms with van der Waals surface area (Å²) in [7, 11) is 0. The van der Waals surface area contributed by atoms with Gasteiger partial charge in [0, 0.05) is 17.6 Å². The Bertz CT molecular complexity index is 878. The maximum atomic E-state index is 10.0. The van der Waals surface area contributed by atoms with Gasteiger partial charge < -0.3 is 15.7 Å². The zero-order chi connectivity index (χ0) is 18.5. The largest absolute Gasteiger partial charge is 0.507 e. The molecule has 0 spiro atoms. The molecule has 0 aliphatic carbocycles. The van der Waals surface area contributed by atoms with Crippen molar-refractivity contribution in [2.75, 3.05) is 17.2 Å². The molecule has 1 aromatic carbocycles. The third-order valence-electron chi connectivity index (χ3n) is 3.78. The minimum Gasteiger partial charge on any atom is -0.507 e. The number of phenolic OH excluding ortho intramolecular Hbond substituents is 1. The summed E-state index contributed by atoms with van der Waals surface area (Å²) in [6, 6.07) is 9.11. The fraction of sp³-hybridized carbons (Fsp3) is 0.316. The summed E-state index contributed by atoms with van der Waals surface area (Å²) in [5, 5.41) is 17.4. The van der Waals surface area contributed by atoms with Gasteiger partial charge in [-0.15, -0.1) is 11.3 Å². The first-order chi connectivity index (χ1) is 12.5. The van der Waals surface area contributed by atoms with Gasteiger partial charge in [0.05, 0.1) is 17.8 Å². The molecule has 3 N–H and O–H groups in total. The van der Waals surface area contributed by atoms with E-state index in [0.717, 1.165) is 33.5 Å². The van der Waals surface area contributed by atoms with E-state index in [2.05, 4.69) is 39.4 Å². The van der Waals surface area contributed by atoms with Crippen LogP contribution in [0, 0.1) is 12.8 Å². The number of nitrogens with zero attached hydrogens (tertiary/aromatic N) is 3. The molecule has 0 unspecified atom stereocenters. The Hall–Kier alpha value is -2.67. The predicted molar refractivity (Wildman–Crippen MR) is 107 cm³/mol. The number of aromatic nitrogens is 3. The summed E-state index contributed by atoms with van der Waals surface area (Å²) < 4.78 is 0. The smallest absolute Gasteiger partial charge is 0.224 e. The topological polar surface area (TPSA) is 83.0 Å². The Labute approximate surface area is 157 Å². The average Bonchev–Trinajstić information content (AvgIpc) is 2.99. The SMILES string of the molecule is Cc1nc(-c2ccccc2O)sc1CNc1ccnc(NCC(C)C)n1. The van der Waals surface area contributed by atoms with Crippen LogP contribution in [-0.4, -0.2) is 26.6 Å². The zero-order valence-corrected chi connectivity index (χ0v) is 16.0. The van der Waals surface area contributed by atoms with Gasteiger partial charge in [0.2, 0.25) is 5.95 Å². The molecule has 136 valence electrons. The van der Waals surface area contributed by atoms with E-state index in [4.69, 9.17) is 0 Å². The molecule has 2 heterocycles. The van der Waals surface area contributed by atoms with Gasteiger partial charge in [-0.3, -0.25) is 0 Å². The molecule has 0 radical (unpaired) electrons. The van der Waals surface area contributed by atoms with Crippen molar-refractivity contribution in [2.45, 2.75) is 27.3 Å². The highest BCUT2D eigenvalue weighted by atomic mass is 32.1. The highest BCUT2D eigenvalue weighted by Crippen LogP contribution is 2.33. The number of nitrogens with one attached hydrogen (secondary N) is 2. The molecule has 0 fully saturated rings. The Morgan fingerprint density at radius 3 is 2.69 bits per heavy atom. The Kier molecular flexibility index (Phi) is 5.68. The maximum Gasteiger partial charge on any atom is 0.224 e. The van der Waals surface area contributed by atoms with Crippen molar-refractivity contribution in [3.8, 4) is 16.3 Å². The van der Waals surface area contributed by atoms with E-state index in [9.17, 15) is 5.11 Å². The number of hydrogen-bond donors (Lipinski definition) is 3. The molecule has 7 heteroatoms. The van der Waals surface area contributed by atoms with Crippen molar-refractivity contribution in [1.82, 2.24) is 15.0 Å². The van der Waals surface area contributed by atoms with Crippen LogP contribution in [0.1, 0.15) is 24.4 Å². The molecular formula is C19H23N5OS. The second-order valence-electron chi connectivity index (χ2n) is 6.44. The lowest BCUT2D eigenvalue weighted by molar-refractivity contribution is 0.477. The molecule has 0 saturated heterocycles. The molecule has 6 nitrogen and oxygen atoms in total. The van der Waals surface area contributed by atoms with Crippen LogP contribution in [-0.2, 0) is 6.54 Å². The number of para-hydroxylation sites is 1. The summed E-state index contributed by atoms with van der Waals surface area (Å²) in [5.74, 6) is 2.17. The van der Waals surface area contributed by atoms with Gasteiger partial charge in [-0.2, -0.15) is 4.98 Å². The molecule has 0 saturated carbocycles. The molecule has 0 atom stereocenters. The van der Waals surface area contributed by atoms with Gasteiger partial charge in [-0.05, 0) is 31.0 Å². The van der Waals surface area contributed by atoms with Crippen LogP contribution in [0.15, 0.2) is 36.5 Å². The quantitative estimate of drug-likeness (QED) is 0.576. The lowest BCUT2D eigenvalue weighted by Crippen LogP contribution is -2.11. The number of phenols is 1. The van der Waals surface area contributed by atoms with Gasteiger partial charge in [-0.25, -0.2) is 9.97 Å². The number of aryl methyl sites for hydroxylation is 1. The molecule has 0 bridgehead atoms. The minimum absolute atomic E-state index is 0.248. The van der Waals surface area contributed by atoms with Gasteiger partial charge in [0.15, 0.2) is 0 Å². The number of rotatable bonds is 7. The van der Waals surface area contributed by atoms with Crippen LogP contribution in [0.2, 0.25) is 0 Å². The first-order valence-corrected chi connectivity index (χ1v) is 9.40. The van der Waals surface area contributed by atoms with Crippen molar-refractivity contribution >= 4 is 23.1 Å². The molecule has 3 aromatic rings. The summed E-state index contributed by atoms with van der Waals surface area (Å²) >= 11 is 1.57. The van der Waals surface area contributed by atoms with E-state index in [1.165, 1.54) is 0 Å². The van der Waals surface area contributed by atoms with E-state index >= 15 is 0 Å². The lowest BCUT2D eigenvalue weighted by atomic mass is 10.2. The second-order valence-corrected chi connectivity index (χ2v) is 7.52. The van der Waals surface area contributed by atoms with Gasteiger partial charge >= 0.3 is 0 Å². The second kappa shape index (κ2) is 8.14. The van der Waals surface area contributed by atoms with Crippen LogP contribution in [0.5, 0.6) is 5.75 Å². The molecule has 2 aromatic heterocycles. The maximum absolute atomic E-state index is 10.0. The highest BCUT2D eigenvalue weighted by molar-refractivity contribution is 7.15. The molecule has 3 rings (SSSR count). The number of hydrogen-bond acceptors (Lipinski definition) is 7. The number of aromatic hydroxyl groups is 1. The normalized spacial score (nSPS) is 10.9. The molecule has 0 amide bonds. The summed E-state index contributed by atoms with van der Waals surface area (Å²) in [4.78, 5) is 14.4. The molecule has 26 heavy (non-hydrogen) atoms. The third kappa shape index (κ3) is 4.49. The van der Waals surface area contributed by atoms with E-state index in [1.54, 1.807) is 23.6 Å². The van der Waals surface area contributed by atoms with Crippen LogP contribution in [0.3, 0.4) is 0 Å². The zero-order valence-electron chi connectivity index (χ0n) is 15.2. The molecule has 0 aliphatic heterocycles. The van der Waals surface area contributed by atoms with Gasteiger partial charge in [0.1, 0.15) is 16.6 Å². The van der Waals surface area contributed by atoms with Crippen LogP contribution < -0.4 is 10.6 Å². The van der Waals surface area contributed by atoms with Crippen molar-refractivity contribution in [3.05, 3.63) is 47.1 Å². The minimum atomic E-state index is 0.248. The lowest BCUT2D eigenvalue weighted by Gasteiger charge is -2.09. The molecule has 0 aliphatic rings. The monoisotopic (exact) mass is 369 g/mol. The number of anilines is 2. The summed E-state index contributed by atoms with van der Waals surface area (Å²) in [6.07, 6.45) is 1.74. The van der Waals surface area contributed by atoms with Crippen molar-refractivity contribution < 1.29 is 5.11 Å². The van der Waals surface area contributed by atoms with Crippen molar-refractivity contribution in [1.29, 1.82) is 0 Å². The van der Waals surface area contributed by atoms with E-state index in [-0.39, 0.29) is 5.75 Å². The van der Waals surface area contributed by atoms with Gasteiger partial charge in [0.25, 0.3) is 0 Å². The standard InChI is InChI=1S/C19H23N5OS/c1-12(2)10-22-19-20-9-8-17(24-19)21-11-16-13(3)23-18(26-16)14-6-4-5-7-15(14)25/h4-9,12,25H,10-11H2,1-3H3,(H2,20,21,22,24). The summed E-state index contributed by atoms with van der Waals surface area (Å²) in [5.41, 5.74) is 1.71. The first-order valence-electron chi connectivity index (χ1n) is 8.58. The van der Waals surface area contributed by atoms with Crippen LogP contribution >= 0.6 is 11.3 Å². The van der Waals surface area contributed by atoms with E-state index in [0.29, 0.717) is 18.4 Å². The Balaban J connectivity index is 1.69. The molecular weight excluding hydrogens is 346 g/mol. The van der Waals surface area contributed by atoms with E-state index in [1.807, 2.05) is 31.2 Å².